The number of hydrogen-bond acceptors (Lipinski definition) is 2. The summed E-state index contributed by atoms with van der Waals surface area (Å²) in [7, 11) is 0. The number of carbonyl (C=O) groups is 2. The molecular weight excluding hydrogens is 431 g/mol. The Hall–Kier alpha value is -1.75. The number of nitrogens with one attached hydrogen (secondary N) is 1. The van der Waals surface area contributed by atoms with Crippen LogP contribution in [-0.2, 0) is 22.6 Å². The smallest absolute Gasteiger partial charge is 0.242 e. The molecule has 4 nitrogen and oxygen atoms in total. The molecule has 0 aromatic heterocycles. The fourth-order valence-corrected chi connectivity index (χ4v) is 3.28. The van der Waals surface area contributed by atoms with Gasteiger partial charge in [-0.05, 0) is 48.7 Å². The van der Waals surface area contributed by atoms with Crippen molar-refractivity contribution in [1.29, 1.82) is 0 Å². The third-order valence-electron chi connectivity index (χ3n) is 4.60. The van der Waals surface area contributed by atoms with Crippen molar-refractivity contribution in [2.75, 3.05) is 6.54 Å². The Morgan fingerprint density at radius 3 is 2.28 bits per heavy atom. The molecule has 2 aromatic rings. The van der Waals surface area contributed by atoms with Crippen LogP contribution in [-0.4, -0.2) is 29.3 Å². The van der Waals surface area contributed by atoms with E-state index in [2.05, 4.69) is 12.2 Å². The summed E-state index contributed by atoms with van der Waals surface area (Å²) in [6, 6.07) is 11.7. The zero-order valence-electron chi connectivity index (χ0n) is 16.6. The molecule has 0 unspecified atom stereocenters. The van der Waals surface area contributed by atoms with Crippen LogP contribution in [0.3, 0.4) is 0 Å². The van der Waals surface area contributed by atoms with Crippen LogP contribution in [0, 0.1) is 0 Å². The molecule has 156 valence electrons. The summed E-state index contributed by atoms with van der Waals surface area (Å²) < 4.78 is 0. The molecule has 2 aromatic carbocycles. The second-order valence-electron chi connectivity index (χ2n) is 6.89. The molecule has 0 bridgehead atoms. The highest BCUT2D eigenvalue weighted by atomic mass is 35.5. The number of rotatable bonds is 9. The van der Waals surface area contributed by atoms with E-state index in [1.54, 1.807) is 42.2 Å². The number of carbonyl (C=O) groups excluding carboxylic acids is 2. The lowest BCUT2D eigenvalue weighted by Crippen LogP contribution is -2.48. The van der Waals surface area contributed by atoms with Crippen molar-refractivity contribution in [1.82, 2.24) is 10.2 Å². The number of amides is 2. The van der Waals surface area contributed by atoms with Crippen LogP contribution in [0.5, 0.6) is 0 Å². The summed E-state index contributed by atoms with van der Waals surface area (Å²) >= 11 is 18.0. The molecule has 0 aliphatic carbocycles. The lowest BCUT2D eigenvalue weighted by molar-refractivity contribution is -0.140. The first kappa shape index (κ1) is 23.5. The van der Waals surface area contributed by atoms with Crippen LogP contribution < -0.4 is 5.32 Å². The highest BCUT2D eigenvalue weighted by molar-refractivity contribution is 6.42. The van der Waals surface area contributed by atoms with Crippen LogP contribution in [0.25, 0.3) is 0 Å². The van der Waals surface area contributed by atoms with E-state index in [1.165, 1.54) is 0 Å². The van der Waals surface area contributed by atoms with Crippen molar-refractivity contribution in [3.63, 3.8) is 0 Å². The highest BCUT2D eigenvalue weighted by Crippen LogP contribution is 2.23. The molecule has 0 heterocycles. The lowest BCUT2D eigenvalue weighted by Gasteiger charge is -2.29. The van der Waals surface area contributed by atoms with E-state index in [0.29, 0.717) is 28.2 Å². The molecule has 2 rings (SSSR count). The highest BCUT2D eigenvalue weighted by Gasteiger charge is 2.26. The predicted molar refractivity (Wildman–Crippen MR) is 120 cm³/mol. The molecule has 0 aliphatic rings. The van der Waals surface area contributed by atoms with Gasteiger partial charge in [0.05, 0.1) is 16.5 Å². The Labute approximate surface area is 187 Å². The minimum atomic E-state index is -0.613. The minimum absolute atomic E-state index is 0.122. The lowest BCUT2D eigenvalue weighted by atomic mass is 10.1. The average Bonchev–Trinajstić information content (AvgIpc) is 2.69. The van der Waals surface area contributed by atoms with E-state index in [0.717, 1.165) is 24.0 Å². The van der Waals surface area contributed by atoms with Crippen LogP contribution in [0.2, 0.25) is 15.1 Å². The van der Waals surface area contributed by atoms with Crippen LogP contribution in [0.4, 0.5) is 0 Å². The Balaban J connectivity index is 2.19. The Morgan fingerprint density at radius 2 is 1.66 bits per heavy atom. The van der Waals surface area contributed by atoms with Gasteiger partial charge in [0.25, 0.3) is 0 Å². The maximum absolute atomic E-state index is 13.1. The monoisotopic (exact) mass is 454 g/mol. The van der Waals surface area contributed by atoms with E-state index >= 15 is 0 Å². The Bertz CT molecular complexity index is 840. The quantitative estimate of drug-likeness (QED) is 0.506. The van der Waals surface area contributed by atoms with Gasteiger partial charge in [0.1, 0.15) is 6.04 Å². The van der Waals surface area contributed by atoms with Gasteiger partial charge in [-0.15, -0.1) is 0 Å². The second-order valence-corrected chi connectivity index (χ2v) is 8.14. The molecule has 29 heavy (non-hydrogen) atoms. The van der Waals surface area contributed by atoms with Gasteiger partial charge in [0.15, 0.2) is 0 Å². The second kappa shape index (κ2) is 11.4. The number of benzene rings is 2. The van der Waals surface area contributed by atoms with Crippen LogP contribution in [0.15, 0.2) is 42.5 Å². The van der Waals surface area contributed by atoms with Crippen molar-refractivity contribution in [3.05, 3.63) is 68.7 Å². The van der Waals surface area contributed by atoms with Crippen molar-refractivity contribution < 1.29 is 9.59 Å². The number of nitrogens with zero attached hydrogens (tertiary/aromatic N) is 1. The zero-order chi connectivity index (χ0) is 21.4. The van der Waals surface area contributed by atoms with Crippen molar-refractivity contribution in [3.8, 4) is 0 Å². The molecule has 1 N–H and O–H groups in total. The predicted octanol–water partition coefficient (Wildman–Crippen LogP) is 5.52. The summed E-state index contributed by atoms with van der Waals surface area (Å²) in [5.74, 6) is -0.341. The van der Waals surface area contributed by atoms with E-state index < -0.39 is 6.04 Å². The number of unbranched alkanes of at least 4 members (excludes halogenated alkanes) is 1. The van der Waals surface area contributed by atoms with E-state index in [1.807, 2.05) is 12.1 Å². The largest absolute Gasteiger partial charge is 0.354 e. The fourth-order valence-electron chi connectivity index (χ4n) is 2.83. The van der Waals surface area contributed by atoms with Crippen molar-refractivity contribution >= 4 is 46.6 Å². The normalized spacial score (nSPS) is 11.8. The number of halogens is 3. The summed E-state index contributed by atoms with van der Waals surface area (Å²) in [4.78, 5) is 27.3. The van der Waals surface area contributed by atoms with Gasteiger partial charge >= 0.3 is 0 Å². The molecule has 7 heteroatoms. The van der Waals surface area contributed by atoms with Gasteiger partial charge in [0.2, 0.25) is 11.8 Å². The first-order valence-electron chi connectivity index (χ1n) is 9.57. The average molecular weight is 456 g/mol. The minimum Gasteiger partial charge on any atom is -0.354 e. The van der Waals surface area contributed by atoms with Crippen LogP contribution in [0.1, 0.15) is 37.8 Å². The van der Waals surface area contributed by atoms with Gasteiger partial charge < -0.3 is 10.2 Å². The van der Waals surface area contributed by atoms with Gasteiger partial charge in [-0.1, -0.05) is 66.3 Å². The van der Waals surface area contributed by atoms with Gasteiger partial charge in [0, 0.05) is 18.1 Å². The molecule has 0 saturated carbocycles. The van der Waals surface area contributed by atoms with Gasteiger partial charge in [-0.25, -0.2) is 0 Å². The van der Waals surface area contributed by atoms with Crippen molar-refractivity contribution in [2.45, 2.75) is 45.7 Å². The molecule has 0 fully saturated rings. The summed E-state index contributed by atoms with van der Waals surface area (Å²) in [5.41, 5.74) is 1.63. The summed E-state index contributed by atoms with van der Waals surface area (Å²) in [6.07, 6.45) is 2.00. The number of hydrogen-bond donors (Lipinski definition) is 1. The molecule has 2 amide bonds. The molecule has 0 spiro atoms. The Kier molecular flexibility index (Phi) is 9.28. The van der Waals surface area contributed by atoms with Crippen molar-refractivity contribution in [2.24, 2.45) is 0 Å². The molecule has 0 aliphatic heterocycles. The Morgan fingerprint density at radius 1 is 1.00 bits per heavy atom. The topological polar surface area (TPSA) is 49.4 Å². The van der Waals surface area contributed by atoms with Gasteiger partial charge in [-0.3, -0.25) is 9.59 Å². The third kappa shape index (κ3) is 7.22. The van der Waals surface area contributed by atoms with E-state index in [4.69, 9.17) is 34.8 Å². The first-order valence-corrected chi connectivity index (χ1v) is 10.7. The summed E-state index contributed by atoms with van der Waals surface area (Å²) in [6.45, 7) is 4.70. The van der Waals surface area contributed by atoms with E-state index in [9.17, 15) is 9.59 Å². The fraction of sp³-hybridized carbons (Fsp3) is 0.364. The third-order valence-corrected chi connectivity index (χ3v) is 5.59. The molecule has 0 saturated heterocycles. The van der Waals surface area contributed by atoms with E-state index in [-0.39, 0.29) is 18.2 Å². The summed E-state index contributed by atoms with van der Waals surface area (Å²) in [5, 5.41) is 4.35. The zero-order valence-corrected chi connectivity index (χ0v) is 18.8. The first-order chi connectivity index (χ1) is 13.8. The molecule has 1 atom stereocenters. The standard InChI is InChI=1S/C22H25Cl3N2O2/c1-3-4-11-26-22(29)15(2)27(14-16-5-8-18(23)9-6-16)21(28)13-17-7-10-19(24)20(25)12-17/h5-10,12,15H,3-4,11,13-14H2,1-2H3,(H,26,29)/t15-/m1/s1. The maximum Gasteiger partial charge on any atom is 0.242 e. The van der Waals surface area contributed by atoms with Crippen LogP contribution >= 0.6 is 34.8 Å². The van der Waals surface area contributed by atoms with Gasteiger partial charge in [-0.2, -0.15) is 0 Å². The maximum atomic E-state index is 13.1. The molecule has 0 radical (unpaired) electrons. The SMILES string of the molecule is CCCCNC(=O)[C@@H](C)N(Cc1ccc(Cl)cc1)C(=O)Cc1ccc(Cl)c(Cl)c1. The molecular formula is C22H25Cl3N2O2.